The standard InChI is InChI=1S/C20H21N3O5/c24-18-3-1-2-17-14-6-11(9-21(17)18)10-22-16-5-4-13(23(27)28)7-12(16)8-15(19(14)22)20(25)26/h1-5,7,11,14-15,19,23,27H,6,8-10H2,(H,25,26). The van der Waals surface area contributed by atoms with Crippen LogP contribution in [0.4, 0.5) is 11.4 Å². The summed E-state index contributed by atoms with van der Waals surface area (Å²) in [5.74, 6) is -1.30. The van der Waals surface area contributed by atoms with E-state index < -0.39 is 17.1 Å². The molecule has 1 saturated heterocycles. The van der Waals surface area contributed by atoms with E-state index in [2.05, 4.69) is 4.90 Å². The van der Waals surface area contributed by atoms with E-state index in [-0.39, 0.29) is 29.1 Å². The van der Waals surface area contributed by atoms with Gasteiger partial charge in [0, 0.05) is 48.6 Å². The summed E-state index contributed by atoms with van der Waals surface area (Å²) in [6, 6.07) is 10.00. The van der Waals surface area contributed by atoms with Gasteiger partial charge in [-0.15, -0.1) is 0 Å². The third-order valence-corrected chi connectivity index (χ3v) is 6.52. The molecular formula is C20H21N3O5. The summed E-state index contributed by atoms with van der Waals surface area (Å²) < 4.78 is 1.80. The van der Waals surface area contributed by atoms with Crippen LogP contribution in [0.25, 0.3) is 0 Å². The first kappa shape index (κ1) is 17.4. The maximum Gasteiger partial charge on any atom is 0.308 e. The Balaban J connectivity index is 1.65. The number of quaternary nitrogens is 1. The van der Waals surface area contributed by atoms with Crippen LogP contribution in [0.5, 0.6) is 0 Å². The van der Waals surface area contributed by atoms with E-state index >= 15 is 0 Å². The fraction of sp³-hybridized carbons (Fsp3) is 0.400. The second-order valence-corrected chi connectivity index (χ2v) is 8.05. The lowest BCUT2D eigenvalue weighted by molar-refractivity contribution is -0.991. The van der Waals surface area contributed by atoms with E-state index in [4.69, 9.17) is 0 Å². The Bertz CT molecular complexity index is 1020. The molecule has 5 atom stereocenters. The maximum atomic E-state index is 12.3. The van der Waals surface area contributed by atoms with Crippen molar-refractivity contribution in [2.45, 2.75) is 31.3 Å². The van der Waals surface area contributed by atoms with Crippen LogP contribution in [0.2, 0.25) is 0 Å². The number of pyridine rings is 1. The van der Waals surface area contributed by atoms with Crippen molar-refractivity contribution in [3.8, 4) is 0 Å². The topological polar surface area (TPSA) is 110 Å². The molecule has 3 N–H and O–H groups in total. The molecule has 3 aliphatic heterocycles. The van der Waals surface area contributed by atoms with E-state index in [1.165, 1.54) is 0 Å². The lowest BCUT2D eigenvalue weighted by Gasteiger charge is -2.53. The molecule has 0 amide bonds. The summed E-state index contributed by atoms with van der Waals surface area (Å²) in [5, 5.41) is 29.6. The molecule has 4 heterocycles. The number of nitrogens with zero attached hydrogens (tertiary/aromatic N) is 2. The molecule has 8 nitrogen and oxygen atoms in total. The fourth-order valence-corrected chi connectivity index (χ4v) is 5.44. The average molecular weight is 383 g/mol. The number of anilines is 1. The monoisotopic (exact) mass is 383 g/mol. The van der Waals surface area contributed by atoms with E-state index in [0.717, 1.165) is 23.4 Å². The summed E-state index contributed by atoms with van der Waals surface area (Å²) in [6.07, 6.45) is 1.17. The second-order valence-electron chi connectivity index (χ2n) is 8.05. The highest BCUT2D eigenvalue weighted by molar-refractivity contribution is 5.76. The molecule has 0 saturated carbocycles. The SMILES string of the molecule is O=C(O)C1Cc2cc([NH+]([O-])O)ccc2N2CC3CC(c4cccc(=O)n4C3)C12. The zero-order chi connectivity index (χ0) is 19.6. The average Bonchev–Trinajstić information content (AvgIpc) is 2.67. The zero-order valence-electron chi connectivity index (χ0n) is 15.1. The van der Waals surface area contributed by atoms with Crippen molar-refractivity contribution in [3.63, 3.8) is 0 Å². The van der Waals surface area contributed by atoms with Crippen LogP contribution in [0, 0.1) is 17.0 Å². The number of carboxylic acids is 1. The molecule has 2 aromatic rings. The van der Waals surface area contributed by atoms with Gasteiger partial charge in [0.15, 0.2) is 5.69 Å². The number of carbonyl (C=O) groups is 1. The summed E-state index contributed by atoms with van der Waals surface area (Å²) in [4.78, 5) is 26.7. The van der Waals surface area contributed by atoms with Gasteiger partial charge >= 0.3 is 5.97 Å². The van der Waals surface area contributed by atoms with Gasteiger partial charge in [0.05, 0.1) is 12.0 Å². The Labute approximate surface area is 160 Å². The molecule has 0 radical (unpaired) electrons. The van der Waals surface area contributed by atoms with Crippen LogP contribution < -0.4 is 15.7 Å². The number of nitrogens with one attached hydrogen (secondary N) is 1. The van der Waals surface area contributed by atoms with Crippen LogP contribution in [-0.4, -0.2) is 33.4 Å². The van der Waals surface area contributed by atoms with E-state index in [1.807, 2.05) is 12.1 Å². The summed E-state index contributed by atoms with van der Waals surface area (Å²) in [5.41, 5.74) is 2.75. The third-order valence-electron chi connectivity index (χ3n) is 6.52. The Morgan fingerprint density at radius 1 is 1.21 bits per heavy atom. The summed E-state index contributed by atoms with van der Waals surface area (Å²) in [6.45, 7) is 1.31. The second kappa shape index (κ2) is 6.16. The van der Waals surface area contributed by atoms with Crippen molar-refractivity contribution in [1.82, 2.24) is 4.57 Å². The van der Waals surface area contributed by atoms with Crippen LogP contribution in [0.1, 0.15) is 23.6 Å². The first-order valence-electron chi connectivity index (χ1n) is 9.49. The quantitative estimate of drug-likeness (QED) is 0.652. The Morgan fingerprint density at radius 3 is 2.79 bits per heavy atom. The van der Waals surface area contributed by atoms with Crippen LogP contribution in [0.3, 0.4) is 0 Å². The summed E-state index contributed by atoms with van der Waals surface area (Å²) >= 11 is 0. The minimum Gasteiger partial charge on any atom is -0.595 e. The molecule has 28 heavy (non-hydrogen) atoms. The Morgan fingerprint density at radius 2 is 2.04 bits per heavy atom. The highest BCUT2D eigenvalue weighted by Crippen LogP contribution is 2.48. The van der Waals surface area contributed by atoms with Gasteiger partial charge < -0.3 is 19.8 Å². The van der Waals surface area contributed by atoms with Crippen molar-refractivity contribution in [3.05, 3.63) is 63.2 Å². The highest BCUT2D eigenvalue weighted by Gasteiger charge is 2.49. The van der Waals surface area contributed by atoms with Gasteiger partial charge in [-0.1, -0.05) is 6.07 Å². The van der Waals surface area contributed by atoms with Crippen molar-refractivity contribution in [2.24, 2.45) is 11.8 Å². The van der Waals surface area contributed by atoms with Gasteiger partial charge in [-0.25, -0.2) is 5.21 Å². The number of aromatic nitrogens is 1. The van der Waals surface area contributed by atoms with Gasteiger partial charge in [-0.2, -0.15) is 5.23 Å². The van der Waals surface area contributed by atoms with Gasteiger partial charge in [-0.3, -0.25) is 9.59 Å². The molecule has 2 bridgehead atoms. The fourth-order valence-electron chi connectivity index (χ4n) is 5.44. The molecule has 3 aliphatic rings. The van der Waals surface area contributed by atoms with Crippen LogP contribution in [0.15, 0.2) is 41.2 Å². The van der Waals surface area contributed by atoms with Crippen molar-refractivity contribution < 1.29 is 20.3 Å². The molecule has 0 spiro atoms. The molecular weight excluding hydrogens is 362 g/mol. The normalized spacial score (nSPS) is 28.7. The number of benzene rings is 1. The lowest BCUT2D eigenvalue weighted by Crippen LogP contribution is -2.99. The number of hydrogen-bond acceptors (Lipinski definition) is 5. The molecule has 1 aromatic heterocycles. The highest BCUT2D eigenvalue weighted by atomic mass is 16.8. The Hall–Kier alpha value is -2.68. The summed E-state index contributed by atoms with van der Waals surface area (Å²) in [7, 11) is 0. The molecule has 146 valence electrons. The molecule has 0 aliphatic carbocycles. The van der Waals surface area contributed by atoms with E-state index in [1.54, 1.807) is 28.8 Å². The van der Waals surface area contributed by atoms with Gasteiger partial charge in [-0.05, 0) is 36.5 Å². The van der Waals surface area contributed by atoms with E-state index in [9.17, 15) is 25.1 Å². The molecule has 1 fully saturated rings. The minimum absolute atomic E-state index is 0.0326. The molecule has 8 heteroatoms. The smallest absolute Gasteiger partial charge is 0.308 e. The number of hydrogen-bond donors (Lipinski definition) is 3. The number of fused-ring (bicyclic) bond motifs is 8. The van der Waals surface area contributed by atoms with Crippen molar-refractivity contribution in [2.75, 3.05) is 11.4 Å². The predicted molar refractivity (Wildman–Crippen MR) is 99.7 cm³/mol. The number of carboxylic acid groups (broad SMARTS) is 1. The maximum absolute atomic E-state index is 12.3. The first-order valence-corrected chi connectivity index (χ1v) is 9.49. The van der Waals surface area contributed by atoms with Crippen molar-refractivity contribution >= 4 is 17.3 Å². The first-order chi connectivity index (χ1) is 13.4. The minimum atomic E-state index is -1.01. The van der Waals surface area contributed by atoms with Crippen molar-refractivity contribution in [1.29, 1.82) is 0 Å². The van der Waals surface area contributed by atoms with Crippen LogP contribution >= 0.6 is 0 Å². The molecule has 5 rings (SSSR count). The molecule has 5 unspecified atom stereocenters. The zero-order valence-corrected chi connectivity index (χ0v) is 15.1. The largest absolute Gasteiger partial charge is 0.595 e. The Kier molecular flexibility index (Phi) is 3.84. The third kappa shape index (κ3) is 2.49. The lowest BCUT2D eigenvalue weighted by atomic mass is 9.69. The van der Waals surface area contributed by atoms with Gasteiger partial charge in [0.25, 0.3) is 5.56 Å². The predicted octanol–water partition coefficient (Wildman–Crippen LogP) is 0.501. The number of rotatable bonds is 2. The van der Waals surface area contributed by atoms with Gasteiger partial charge in [0.1, 0.15) is 0 Å². The molecule has 1 aromatic carbocycles. The van der Waals surface area contributed by atoms with E-state index in [0.29, 0.717) is 19.5 Å². The number of piperidine rings is 1. The van der Waals surface area contributed by atoms with Crippen LogP contribution in [-0.2, 0) is 17.8 Å². The number of aliphatic carboxylic acids is 1. The van der Waals surface area contributed by atoms with Gasteiger partial charge in [0.2, 0.25) is 0 Å².